The van der Waals surface area contributed by atoms with E-state index in [0.717, 1.165) is 34.8 Å². The largest absolute Gasteiger partial charge is 0.341 e. The molecular weight excluding hydrogens is 316 g/mol. The van der Waals surface area contributed by atoms with E-state index in [2.05, 4.69) is 29.1 Å². The summed E-state index contributed by atoms with van der Waals surface area (Å²) >= 11 is 3.20. The lowest BCUT2D eigenvalue weighted by atomic mass is 10.2. The SMILES string of the molecule is Cc1sc2ncnc(SCC(=O)N(C)C3CCNC3)c2c1C. The summed E-state index contributed by atoms with van der Waals surface area (Å²) in [5, 5.41) is 5.32. The van der Waals surface area contributed by atoms with Crippen LogP contribution >= 0.6 is 23.1 Å². The molecule has 118 valence electrons. The first kappa shape index (κ1) is 15.7. The molecule has 2 aromatic rings. The van der Waals surface area contributed by atoms with E-state index in [0.29, 0.717) is 11.8 Å². The van der Waals surface area contributed by atoms with Crippen molar-refractivity contribution in [1.29, 1.82) is 0 Å². The maximum Gasteiger partial charge on any atom is 0.233 e. The summed E-state index contributed by atoms with van der Waals surface area (Å²) in [4.78, 5) is 25.2. The highest BCUT2D eigenvalue weighted by molar-refractivity contribution is 8.00. The van der Waals surface area contributed by atoms with Crippen molar-refractivity contribution < 1.29 is 4.79 Å². The Hall–Kier alpha value is -1.18. The number of carbonyl (C=O) groups is 1. The molecule has 0 aromatic carbocycles. The Morgan fingerprint density at radius 1 is 1.50 bits per heavy atom. The van der Waals surface area contributed by atoms with Crippen molar-refractivity contribution in [1.82, 2.24) is 20.2 Å². The molecule has 0 aliphatic carbocycles. The van der Waals surface area contributed by atoms with Crippen molar-refractivity contribution >= 4 is 39.2 Å². The number of thiophene rings is 1. The molecule has 1 aliphatic heterocycles. The summed E-state index contributed by atoms with van der Waals surface area (Å²) in [6, 6.07) is 0.323. The summed E-state index contributed by atoms with van der Waals surface area (Å²) in [6.07, 6.45) is 2.63. The van der Waals surface area contributed by atoms with E-state index in [9.17, 15) is 4.79 Å². The number of nitrogens with one attached hydrogen (secondary N) is 1. The van der Waals surface area contributed by atoms with E-state index in [1.165, 1.54) is 22.2 Å². The quantitative estimate of drug-likeness (QED) is 0.685. The maximum atomic E-state index is 12.4. The molecule has 7 heteroatoms. The van der Waals surface area contributed by atoms with Crippen LogP contribution in [0.3, 0.4) is 0 Å². The third-order valence-electron chi connectivity index (χ3n) is 4.24. The smallest absolute Gasteiger partial charge is 0.233 e. The Morgan fingerprint density at radius 2 is 2.32 bits per heavy atom. The molecule has 2 aromatic heterocycles. The number of carbonyl (C=O) groups excluding carboxylic acids is 1. The van der Waals surface area contributed by atoms with Crippen molar-refractivity contribution in [3.05, 3.63) is 16.8 Å². The van der Waals surface area contributed by atoms with Gasteiger partial charge in [0, 0.05) is 29.9 Å². The minimum absolute atomic E-state index is 0.162. The summed E-state index contributed by atoms with van der Waals surface area (Å²) in [5.41, 5.74) is 1.23. The first-order valence-corrected chi connectivity index (χ1v) is 9.18. The molecule has 22 heavy (non-hydrogen) atoms. The zero-order valence-corrected chi connectivity index (χ0v) is 14.7. The van der Waals surface area contributed by atoms with Crippen LogP contribution in [0.25, 0.3) is 10.2 Å². The van der Waals surface area contributed by atoms with E-state index < -0.39 is 0 Å². The van der Waals surface area contributed by atoms with Gasteiger partial charge in [0.25, 0.3) is 0 Å². The van der Waals surface area contributed by atoms with Gasteiger partial charge in [-0.2, -0.15) is 0 Å². The number of fused-ring (bicyclic) bond motifs is 1. The maximum absolute atomic E-state index is 12.4. The van der Waals surface area contributed by atoms with Crippen LogP contribution in [0.1, 0.15) is 16.9 Å². The van der Waals surface area contributed by atoms with Crippen molar-refractivity contribution in [2.75, 3.05) is 25.9 Å². The zero-order valence-electron chi connectivity index (χ0n) is 13.0. The molecule has 5 nitrogen and oxygen atoms in total. The highest BCUT2D eigenvalue weighted by Crippen LogP contribution is 2.34. The van der Waals surface area contributed by atoms with Gasteiger partial charge in [-0.3, -0.25) is 4.79 Å². The Bertz CT molecular complexity index is 694. The molecule has 3 heterocycles. The first-order valence-electron chi connectivity index (χ1n) is 7.37. The van der Waals surface area contributed by atoms with Gasteiger partial charge in [0.1, 0.15) is 16.2 Å². The van der Waals surface area contributed by atoms with E-state index >= 15 is 0 Å². The Morgan fingerprint density at radius 3 is 3.05 bits per heavy atom. The second kappa shape index (κ2) is 6.52. The highest BCUT2D eigenvalue weighted by Gasteiger charge is 2.23. The number of aryl methyl sites for hydroxylation is 2. The number of thioether (sulfide) groups is 1. The molecule has 3 rings (SSSR count). The average molecular weight is 336 g/mol. The predicted octanol–water partition coefficient (Wildman–Crippen LogP) is 2.22. The topological polar surface area (TPSA) is 58.1 Å². The van der Waals surface area contributed by atoms with Gasteiger partial charge in [0.15, 0.2) is 0 Å². The Kier molecular flexibility index (Phi) is 4.65. The highest BCUT2D eigenvalue weighted by atomic mass is 32.2. The van der Waals surface area contributed by atoms with Gasteiger partial charge < -0.3 is 10.2 Å². The normalized spacial score (nSPS) is 18.0. The molecule has 1 N–H and O–H groups in total. The fourth-order valence-electron chi connectivity index (χ4n) is 2.67. The number of likely N-dealkylation sites (N-methyl/N-ethyl adjacent to an activating group) is 1. The van der Waals surface area contributed by atoms with Gasteiger partial charge in [-0.15, -0.1) is 11.3 Å². The second-order valence-electron chi connectivity index (χ2n) is 5.58. The van der Waals surface area contributed by atoms with Crippen molar-refractivity contribution in [3.8, 4) is 0 Å². The predicted molar refractivity (Wildman–Crippen MR) is 91.7 cm³/mol. The van der Waals surface area contributed by atoms with E-state index in [1.807, 2.05) is 11.9 Å². The Balaban J connectivity index is 1.72. The van der Waals surface area contributed by atoms with Gasteiger partial charge in [0.05, 0.1) is 5.75 Å². The van der Waals surface area contributed by atoms with E-state index in [-0.39, 0.29) is 5.91 Å². The van der Waals surface area contributed by atoms with Gasteiger partial charge in [-0.1, -0.05) is 11.8 Å². The van der Waals surface area contributed by atoms with Crippen molar-refractivity contribution in [2.24, 2.45) is 0 Å². The van der Waals surface area contributed by atoms with Gasteiger partial charge >= 0.3 is 0 Å². The average Bonchev–Trinajstić information content (AvgIpc) is 3.14. The molecule has 1 atom stereocenters. The summed E-state index contributed by atoms with van der Waals surface area (Å²) < 4.78 is 0. The molecule has 0 saturated carbocycles. The van der Waals surface area contributed by atoms with Crippen LogP contribution in [0, 0.1) is 13.8 Å². The van der Waals surface area contributed by atoms with Gasteiger partial charge in [-0.25, -0.2) is 9.97 Å². The lowest BCUT2D eigenvalue weighted by molar-refractivity contribution is -0.128. The van der Waals surface area contributed by atoms with Crippen molar-refractivity contribution in [3.63, 3.8) is 0 Å². The number of rotatable bonds is 4. The van der Waals surface area contributed by atoms with Crippen LogP contribution in [-0.2, 0) is 4.79 Å². The lowest BCUT2D eigenvalue weighted by Gasteiger charge is -2.23. The number of hydrogen-bond donors (Lipinski definition) is 1. The fraction of sp³-hybridized carbons (Fsp3) is 0.533. The van der Waals surface area contributed by atoms with E-state index in [1.54, 1.807) is 17.7 Å². The zero-order chi connectivity index (χ0) is 15.7. The van der Waals surface area contributed by atoms with Crippen LogP contribution in [0.4, 0.5) is 0 Å². The van der Waals surface area contributed by atoms with Crippen LogP contribution in [0.15, 0.2) is 11.4 Å². The number of nitrogens with zero attached hydrogens (tertiary/aromatic N) is 3. The van der Waals surface area contributed by atoms with Gasteiger partial charge in [0.2, 0.25) is 5.91 Å². The molecule has 0 bridgehead atoms. The van der Waals surface area contributed by atoms with Crippen molar-refractivity contribution in [2.45, 2.75) is 31.3 Å². The van der Waals surface area contributed by atoms with Crippen LogP contribution in [-0.4, -0.2) is 52.7 Å². The van der Waals surface area contributed by atoms with Crippen LogP contribution < -0.4 is 5.32 Å². The van der Waals surface area contributed by atoms with Gasteiger partial charge in [-0.05, 0) is 32.4 Å². The molecule has 1 amide bonds. The number of hydrogen-bond acceptors (Lipinski definition) is 6. The monoisotopic (exact) mass is 336 g/mol. The number of aromatic nitrogens is 2. The molecule has 0 radical (unpaired) electrons. The fourth-order valence-corrected chi connectivity index (χ4v) is 4.71. The molecular formula is C15H20N4OS2. The lowest BCUT2D eigenvalue weighted by Crippen LogP contribution is -2.39. The molecule has 1 saturated heterocycles. The second-order valence-corrected chi connectivity index (χ2v) is 7.75. The van der Waals surface area contributed by atoms with E-state index in [4.69, 9.17) is 0 Å². The minimum Gasteiger partial charge on any atom is -0.341 e. The minimum atomic E-state index is 0.162. The molecule has 1 aliphatic rings. The third-order valence-corrected chi connectivity index (χ3v) is 6.33. The number of amides is 1. The molecule has 1 fully saturated rings. The summed E-state index contributed by atoms with van der Waals surface area (Å²) in [7, 11) is 1.90. The summed E-state index contributed by atoms with van der Waals surface area (Å²) in [6.45, 7) is 6.09. The Labute approximate surface area is 138 Å². The third kappa shape index (κ3) is 2.98. The standard InChI is InChI=1S/C15H20N4OS2/c1-9-10(2)22-15-13(9)14(17-8-18-15)21-7-12(20)19(3)11-4-5-16-6-11/h8,11,16H,4-7H2,1-3H3. The van der Waals surface area contributed by atoms with Crippen LogP contribution in [0.2, 0.25) is 0 Å². The van der Waals surface area contributed by atoms with Crippen LogP contribution in [0.5, 0.6) is 0 Å². The summed E-state index contributed by atoms with van der Waals surface area (Å²) in [5.74, 6) is 0.586. The first-order chi connectivity index (χ1) is 10.6. The molecule has 1 unspecified atom stereocenters. The molecule has 0 spiro atoms.